The lowest BCUT2D eigenvalue weighted by atomic mass is 9.99. The zero-order valence-electron chi connectivity index (χ0n) is 9.54. The maximum atomic E-state index is 11.9. The molecule has 3 nitrogen and oxygen atoms in total. The number of aliphatic hydroxyl groups excluding tert-OH is 1. The second-order valence-electron chi connectivity index (χ2n) is 3.74. The number of ketones is 2. The molecule has 2 rings (SSSR count). The minimum atomic E-state index is -0.757. The SMILES string of the molecule is O=C([C](O)C(=O)c1ccccc1)c1ccccc1. The summed E-state index contributed by atoms with van der Waals surface area (Å²) >= 11 is 0. The average molecular weight is 239 g/mol. The molecule has 0 fully saturated rings. The van der Waals surface area contributed by atoms with E-state index in [1.807, 2.05) is 0 Å². The summed E-state index contributed by atoms with van der Waals surface area (Å²) in [7, 11) is 0. The molecule has 0 unspecified atom stereocenters. The topological polar surface area (TPSA) is 54.4 Å². The number of hydrogen-bond donors (Lipinski definition) is 1. The molecule has 2 aromatic carbocycles. The van der Waals surface area contributed by atoms with E-state index in [4.69, 9.17) is 0 Å². The number of hydrogen-bond acceptors (Lipinski definition) is 3. The maximum Gasteiger partial charge on any atom is 0.234 e. The highest BCUT2D eigenvalue weighted by atomic mass is 16.3. The molecule has 18 heavy (non-hydrogen) atoms. The van der Waals surface area contributed by atoms with Gasteiger partial charge in [0.2, 0.25) is 17.7 Å². The van der Waals surface area contributed by atoms with Gasteiger partial charge in [-0.2, -0.15) is 0 Å². The molecule has 0 saturated carbocycles. The van der Waals surface area contributed by atoms with Gasteiger partial charge < -0.3 is 5.11 Å². The van der Waals surface area contributed by atoms with Gasteiger partial charge in [-0.25, -0.2) is 0 Å². The van der Waals surface area contributed by atoms with Crippen LogP contribution >= 0.6 is 0 Å². The van der Waals surface area contributed by atoms with E-state index in [9.17, 15) is 14.7 Å². The van der Waals surface area contributed by atoms with E-state index in [-0.39, 0.29) is 0 Å². The number of benzene rings is 2. The van der Waals surface area contributed by atoms with Crippen LogP contribution in [-0.2, 0) is 0 Å². The van der Waals surface area contributed by atoms with Gasteiger partial charge in [0, 0.05) is 11.1 Å². The van der Waals surface area contributed by atoms with Crippen molar-refractivity contribution in [2.24, 2.45) is 0 Å². The second-order valence-corrected chi connectivity index (χ2v) is 3.74. The van der Waals surface area contributed by atoms with E-state index in [0.717, 1.165) is 0 Å². The van der Waals surface area contributed by atoms with E-state index in [1.165, 1.54) is 0 Å². The van der Waals surface area contributed by atoms with Crippen LogP contribution in [0.1, 0.15) is 20.7 Å². The zero-order valence-corrected chi connectivity index (χ0v) is 9.54. The summed E-state index contributed by atoms with van der Waals surface area (Å²) in [5.41, 5.74) is 0.582. The van der Waals surface area contributed by atoms with Crippen LogP contribution in [0.2, 0.25) is 0 Å². The Morgan fingerprint density at radius 2 is 1.00 bits per heavy atom. The summed E-state index contributed by atoms with van der Waals surface area (Å²) in [5.74, 6) is -1.33. The van der Waals surface area contributed by atoms with Crippen molar-refractivity contribution < 1.29 is 14.7 Å². The third-order valence-electron chi connectivity index (χ3n) is 2.50. The Hall–Kier alpha value is -2.26. The zero-order chi connectivity index (χ0) is 13.0. The van der Waals surface area contributed by atoms with Crippen molar-refractivity contribution in [2.45, 2.75) is 0 Å². The van der Waals surface area contributed by atoms with Crippen molar-refractivity contribution >= 4 is 11.6 Å². The quantitative estimate of drug-likeness (QED) is 0.659. The smallest absolute Gasteiger partial charge is 0.234 e. The van der Waals surface area contributed by atoms with Crippen molar-refractivity contribution in [3.05, 3.63) is 77.9 Å². The van der Waals surface area contributed by atoms with Crippen LogP contribution in [0.25, 0.3) is 0 Å². The summed E-state index contributed by atoms with van der Waals surface area (Å²) in [6.45, 7) is 0. The van der Waals surface area contributed by atoms with Gasteiger partial charge in [0.15, 0.2) is 0 Å². The van der Waals surface area contributed by atoms with E-state index in [0.29, 0.717) is 11.1 Å². The van der Waals surface area contributed by atoms with Crippen molar-refractivity contribution in [1.82, 2.24) is 0 Å². The van der Waals surface area contributed by atoms with Gasteiger partial charge in [-0.1, -0.05) is 60.7 Å². The Balaban J connectivity index is 2.20. The maximum absolute atomic E-state index is 11.9. The molecule has 0 amide bonds. The fourth-order valence-corrected chi connectivity index (χ4v) is 1.56. The van der Waals surface area contributed by atoms with Crippen LogP contribution in [0.3, 0.4) is 0 Å². The van der Waals surface area contributed by atoms with Gasteiger partial charge in [0.25, 0.3) is 0 Å². The number of Topliss-reactive ketones (excluding diaryl/α,β-unsaturated/α-hetero) is 2. The Kier molecular flexibility index (Phi) is 3.65. The van der Waals surface area contributed by atoms with Crippen molar-refractivity contribution in [3.63, 3.8) is 0 Å². The lowest BCUT2D eigenvalue weighted by Crippen LogP contribution is -2.21. The molecule has 3 heteroatoms. The van der Waals surface area contributed by atoms with Gasteiger partial charge in [0.1, 0.15) is 0 Å². The molecule has 1 N–H and O–H groups in total. The van der Waals surface area contributed by atoms with Crippen LogP contribution in [0.5, 0.6) is 0 Å². The van der Waals surface area contributed by atoms with Crippen LogP contribution < -0.4 is 0 Å². The first kappa shape index (κ1) is 12.2. The van der Waals surface area contributed by atoms with Crippen LogP contribution in [-0.4, -0.2) is 16.7 Å². The Labute approximate surface area is 105 Å². The third-order valence-corrected chi connectivity index (χ3v) is 2.50. The highest BCUT2D eigenvalue weighted by molar-refractivity contribution is 6.25. The van der Waals surface area contributed by atoms with Crippen LogP contribution in [0.4, 0.5) is 0 Å². The fourth-order valence-electron chi connectivity index (χ4n) is 1.56. The average Bonchev–Trinajstić information content (AvgIpc) is 2.47. The summed E-state index contributed by atoms with van der Waals surface area (Å²) in [4.78, 5) is 23.7. The Bertz CT molecular complexity index is 495. The molecule has 0 aromatic heterocycles. The van der Waals surface area contributed by atoms with E-state index < -0.39 is 17.7 Å². The molecule has 0 aliphatic rings. The lowest BCUT2D eigenvalue weighted by molar-refractivity contribution is 0.0792. The molecule has 1 radical (unpaired) electrons. The standard InChI is InChI=1S/C15H11O3/c16-13(11-7-3-1-4-8-11)15(18)14(17)12-9-5-2-6-10-12/h1-10,18H. The van der Waals surface area contributed by atoms with Gasteiger partial charge >= 0.3 is 0 Å². The summed E-state index contributed by atoms with van der Waals surface area (Å²) in [5, 5.41) is 9.71. The Morgan fingerprint density at radius 3 is 1.33 bits per heavy atom. The molecule has 0 bridgehead atoms. The van der Waals surface area contributed by atoms with Gasteiger partial charge in [-0.15, -0.1) is 0 Å². The molecule has 89 valence electrons. The van der Waals surface area contributed by atoms with Gasteiger partial charge in [-0.3, -0.25) is 9.59 Å². The highest BCUT2D eigenvalue weighted by Gasteiger charge is 2.27. The number of carbonyl (C=O) groups is 2. The highest BCUT2D eigenvalue weighted by Crippen LogP contribution is 2.14. The number of aliphatic hydroxyl groups is 1. The van der Waals surface area contributed by atoms with E-state index in [2.05, 4.69) is 0 Å². The van der Waals surface area contributed by atoms with E-state index in [1.54, 1.807) is 60.7 Å². The molecule has 0 saturated heterocycles. The minimum absolute atomic E-state index is 0.291. The van der Waals surface area contributed by atoms with E-state index >= 15 is 0 Å². The normalized spacial score (nSPS) is 10.3. The lowest BCUT2D eigenvalue weighted by Gasteiger charge is -2.07. The second kappa shape index (κ2) is 5.38. The number of rotatable bonds is 4. The monoisotopic (exact) mass is 239 g/mol. The van der Waals surface area contributed by atoms with Crippen molar-refractivity contribution in [2.75, 3.05) is 0 Å². The molecule has 0 aliphatic heterocycles. The molecule has 2 aromatic rings. The molecule has 0 aliphatic carbocycles. The fraction of sp³-hybridized carbons (Fsp3) is 0. The third kappa shape index (κ3) is 2.52. The summed E-state index contributed by atoms with van der Waals surface area (Å²) < 4.78 is 0. The largest absolute Gasteiger partial charge is 0.371 e. The predicted molar refractivity (Wildman–Crippen MR) is 66.7 cm³/mol. The molecule has 0 heterocycles. The summed E-state index contributed by atoms with van der Waals surface area (Å²) in [6, 6.07) is 16.4. The molecular formula is C15H11O3. The Morgan fingerprint density at radius 1 is 0.667 bits per heavy atom. The van der Waals surface area contributed by atoms with Gasteiger partial charge in [0.05, 0.1) is 0 Å². The molecule has 0 spiro atoms. The predicted octanol–water partition coefficient (Wildman–Crippen LogP) is 2.66. The first-order chi connectivity index (χ1) is 8.70. The first-order valence-corrected chi connectivity index (χ1v) is 5.45. The number of carbonyl (C=O) groups excluding carboxylic acids is 2. The molecular weight excluding hydrogens is 228 g/mol. The first-order valence-electron chi connectivity index (χ1n) is 5.45. The van der Waals surface area contributed by atoms with Crippen LogP contribution in [0.15, 0.2) is 60.7 Å². The van der Waals surface area contributed by atoms with Crippen LogP contribution in [0, 0.1) is 6.10 Å². The van der Waals surface area contributed by atoms with Crippen molar-refractivity contribution in [3.8, 4) is 0 Å². The van der Waals surface area contributed by atoms with Crippen molar-refractivity contribution in [1.29, 1.82) is 0 Å². The molecule has 0 atom stereocenters. The van der Waals surface area contributed by atoms with Gasteiger partial charge in [-0.05, 0) is 0 Å². The minimum Gasteiger partial charge on any atom is -0.371 e. The summed E-state index contributed by atoms with van der Waals surface area (Å²) in [6.07, 6.45) is -0.757.